The summed E-state index contributed by atoms with van der Waals surface area (Å²) in [4.78, 5) is 40.3. The number of carbonyl (C=O) groups excluding carboxylic acids is 1. The number of para-hydroxylation sites is 1. The number of halogens is 2. The minimum absolute atomic E-state index is 0.204. The van der Waals surface area contributed by atoms with Crippen molar-refractivity contribution in [3.05, 3.63) is 78.9 Å². The maximum Gasteiger partial charge on any atom is 0.329 e. The van der Waals surface area contributed by atoms with Gasteiger partial charge in [-0.15, -0.1) is 0 Å². The van der Waals surface area contributed by atoms with Gasteiger partial charge in [0.15, 0.2) is 0 Å². The van der Waals surface area contributed by atoms with E-state index in [1.807, 2.05) is 0 Å². The molecule has 0 unspecified atom stereocenters. The highest BCUT2D eigenvalue weighted by molar-refractivity contribution is 6.42. The standard InChI is InChI=1S/C18H15Cl2N3O3/c1-22(9-11-5-4-7-13(19)16(11)20)15(24)10-23-14-8-3-2-6-12(14)17(25)21-18(23)26/h2-8H,9-10H2,1H3,(H,21,25,26). The number of aromatic nitrogens is 2. The van der Waals surface area contributed by atoms with E-state index >= 15 is 0 Å². The number of aromatic amines is 1. The van der Waals surface area contributed by atoms with E-state index in [0.29, 0.717) is 26.5 Å². The highest BCUT2D eigenvalue weighted by atomic mass is 35.5. The highest BCUT2D eigenvalue weighted by Crippen LogP contribution is 2.26. The first-order valence-electron chi connectivity index (χ1n) is 7.77. The molecule has 1 N–H and O–H groups in total. The van der Waals surface area contributed by atoms with Gasteiger partial charge in [-0.3, -0.25) is 19.1 Å². The maximum atomic E-state index is 12.6. The molecule has 8 heteroatoms. The first-order valence-corrected chi connectivity index (χ1v) is 8.53. The van der Waals surface area contributed by atoms with E-state index in [9.17, 15) is 14.4 Å². The van der Waals surface area contributed by atoms with Crippen LogP contribution in [0.1, 0.15) is 5.56 Å². The Kier molecular flexibility index (Phi) is 5.15. The molecule has 0 bridgehead atoms. The Morgan fingerprint density at radius 3 is 2.62 bits per heavy atom. The van der Waals surface area contributed by atoms with Gasteiger partial charge in [0.25, 0.3) is 5.56 Å². The second-order valence-corrected chi connectivity index (χ2v) is 6.61. The van der Waals surface area contributed by atoms with E-state index in [-0.39, 0.29) is 19.0 Å². The molecule has 0 aliphatic carbocycles. The van der Waals surface area contributed by atoms with Crippen molar-refractivity contribution in [2.45, 2.75) is 13.1 Å². The molecule has 3 rings (SSSR count). The number of hydrogen-bond donors (Lipinski definition) is 1. The number of hydrogen-bond acceptors (Lipinski definition) is 3. The number of H-pyrrole nitrogens is 1. The summed E-state index contributed by atoms with van der Waals surface area (Å²) >= 11 is 12.2. The van der Waals surface area contributed by atoms with Crippen LogP contribution in [0.2, 0.25) is 10.0 Å². The Morgan fingerprint density at radius 1 is 1.12 bits per heavy atom. The molecule has 0 saturated carbocycles. The van der Waals surface area contributed by atoms with Crippen molar-refractivity contribution in [1.82, 2.24) is 14.5 Å². The average molecular weight is 392 g/mol. The zero-order valence-electron chi connectivity index (χ0n) is 13.8. The first-order chi connectivity index (χ1) is 12.4. The molecule has 6 nitrogen and oxygen atoms in total. The van der Waals surface area contributed by atoms with Crippen molar-refractivity contribution in [3.63, 3.8) is 0 Å². The third-order valence-electron chi connectivity index (χ3n) is 4.06. The molecule has 0 fully saturated rings. The van der Waals surface area contributed by atoms with Crippen LogP contribution < -0.4 is 11.2 Å². The van der Waals surface area contributed by atoms with Gasteiger partial charge in [-0.2, -0.15) is 0 Å². The minimum atomic E-state index is -0.628. The van der Waals surface area contributed by atoms with Gasteiger partial charge in [0, 0.05) is 13.6 Å². The van der Waals surface area contributed by atoms with Crippen LogP contribution in [0.25, 0.3) is 10.9 Å². The average Bonchev–Trinajstić information content (AvgIpc) is 2.62. The van der Waals surface area contributed by atoms with E-state index in [1.54, 1.807) is 49.5 Å². The SMILES string of the molecule is CN(Cc1cccc(Cl)c1Cl)C(=O)Cn1c(=O)[nH]c(=O)c2ccccc21. The Hall–Kier alpha value is -2.57. The van der Waals surface area contributed by atoms with Gasteiger partial charge >= 0.3 is 5.69 Å². The fourth-order valence-corrected chi connectivity index (χ4v) is 3.05. The van der Waals surface area contributed by atoms with Crippen LogP contribution in [0.5, 0.6) is 0 Å². The van der Waals surface area contributed by atoms with E-state index in [0.717, 1.165) is 0 Å². The van der Waals surface area contributed by atoms with Gasteiger partial charge in [-0.1, -0.05) is 47.5 Å². The Balaban J connectivity index is 1.88. The summed E-state index contributed by atoms with van der Waals surface area (Å²) in [6, 6.07) is 11.8. The van der Waals surface area contributed by atoms with Gasteiger partial charge in [-0.05, 0) is 23.8 Å². The minimum Gasteiger partial charge on any atom is -0.340 e. The number of carbonyl (C=O) groups is 1. The molecular weight excluding hydrogens is 377 g/mol. The maximum absolute atomic E-state index is 12.6. The highest BCUT2D eigenvalue weighted by Gasteiger charge is 2.16. The zero-order valence-corrected chi connectivity index (χ0v) is 15.3. The Bertz CT molecular complexity index is 1100. The molecule has 1 heterocycles. The molecule has 134 valence electrons. The fourth-order valence-electron chi connectivity index (χ4n) is 2.67. The summed E-state index contributed by atoms with van der Waals surface area (Å²) in [6.45, 7) is 0.0407. The normalized spacial score (nSPS) is 10.9. The van der Waals surface area contributed by atoms with Crippen molar-refractivity contribution in [1.29, 1.82) is 0 Å². The predicted octanol–water partition coefficient (Wildman–Crippen LogP) is 2.66. The van der Waals surface area contributed by atoms with E-state index in [1.165, 1.54) is 9.47 Å². The second-order valence-electron chi connectivity index (χ2n) is 5.83. The van der Waals surface area contributed by atoms with Gasteiger partial charge in [0.1, 0.15) is 6.54 Å². The lowest BCUT2D eigenvalue weighted by atomic mass is 10.2. The molecule has 0 radical (unpaired) electrons. The largest absolute Gasteiger partial charge is 0.340 e. The monoisotopic (exact) mass is 391 g/mol. The zero-order chi connectivity index (χ0) is 18.8. The van der Waals surface area contributed by atoms with Gasteiger partial charge in [-0.25, -0.2) is 4.79 Å². The summed E-state index contributed by atoms with van der Waals surface area (Å²) in [6.07, 6.45) is 0. The van der Waals surface area contributed by atoms with Gasteiger partial charge in [0.05, 0.1) is 20.9 Å². The number of rotatable bonds is 4. The first kappa shape index (κ1) is 18.2. The van der Waals surface area contributed by atoms with E-state index < -0.39 is 11.2 Å². The molecule has 0 atom stereocenters. The molecule has 1 amide bonds. The number of nitrogens with one attached hydrogen (secondary N) is 1. The fraction of sp³-hybridized carbons (Fsp3) is 0.167. The van der Waals surface area contributed by atoms with Crippen LogP contribution in [0.4, 0.5) is 0 Å². The number of likely N-dealkylation sites (N-methyl/N-ethyl adjacent to an activating group) is 1. The Labute approximate surface area is 158 Å². The third kappa shape index (κ3) is 3.52. The molecule has 26 heavy (non-hydrogen) atoms. The third-order valence-corrected chi connectivity index (χ3v) is 4.92. The molecule has 0 aliphatic heterocycles. The van der Waals surface area contributed by atoms with E-state index in [4.69, 9.17) is 23.2 Å². The molecule has 1 aromatic heterocycles. The Morgan fingerprint density at radius 2 is 1.85 bits per heavy atom. The van der Waals surface area contributed by atoms with Crippen LogP contribution in [0, 0.1) is 0 Å². The van der Waals surface area contributed by atoms with Gasteiger partial charge < -0.3 is 4.90 Å². The van der Waals surface area contributed by atoms with Crippen molar-refractivity contribution in [2.24, 2.45) is 0 Å². The number of nitrogens with zero attached hydrogens (tertiary/aromatic N) is 2. The molecular formula is C18H15Cl2N3O3. The summed E-state index contributed by atoms with van der Waals surface area (Å²) in [5.41, 5.74) is 0.00193. The van der Waals surface area contributed by atoms with Crippen molar-refractivity contribution < 1.29 is 4.79 Å². The smallest absolute Gasteiger partial charge is 0.329 e. The lowest BCUT2D eigenvalue weighted by molar-refractivity contribution is -0.131. The summed E-state index contributed by atoms with van der Waals surface area (Å²) in [5.74, 6) is -0.305. The summed E-state index contributed by atoms with van der Waals surface area (Å²) in [7, 11) is 1.61. The molecule has 0 saturated heterocycles. The molecule has 0 aliphatic rings. The molecule has 2 aromatic carbocycles. The summed E-state index contributed by atoms with van der Waals surface area (Å²) in [5, 5.41) is 1.15. The number of benzene rings is 2. The van der Waals surface area contributed by atoms with Crippen molar-refractivity contribution >= 4 is 40.0 Å². The predicted molar refractivity (Wildman–Crippen MR) is 102 cm³/mol. The molecule has 3 aromatic rings. The van der Waals surface area contributed by atoms with Crippen LogP contribution in [0.15, 0.2) is 52.1 Å². The van der Waals surface area contributed by atoms with Gasteiger partial charge in [0.2, 0.25) is 5.91 Å². The number of fused-ring (bicyclic) bond motifs is 1. The van der Waals surface area contributed by atoms with E-state index in [2.05, 4.69) is 4.98 Å². The van der Waals surface area contributed by atoms with Crippen molar-refractivity contribution in [2.75, 3.05) is 7.05 Å². The quantitative estimate of drug-likeness (QED) is 0.742. The molecule has 0 spiro atoms. The lowest BCUT2D eigenvalue weighted by Crippen LogP contribution is -2.37. The summed E-state index contributed by atoms with van der Waals surface area (Å²) < 4.78 is 1.25. The van der Waals surface area contributed by atoms with Crippen LogP contribution >= 0.6 is 23.2 Å². The topological polar surface area (TPSA) is 75.2 Å². The number of amides is 1. The second kappa shape index (κ2) is 7.35. The lowest BCUT2D eigenvalue weighted by Gasteiger charge is -2.19. The van der Waals surface area contributed by atoms with Crippen LogP contribution in [-0.2, 0) is 17.9 Å². The van der Waals surface area contributed by atoms with Crippen molar-refractivity contribution in [3.8, 4) is 0 Å². The van der Waals surface area contributed by atoms with Crippen LogP contribution in [0.3, 0.4) is 0 Å². The van der Waals surface area contributed by atoms with Crippen LogP contribution in [-0.4, -0.2) is 27.4 Å².